The van der Waals surface area contributed by atoms with Gasteiger partial charge in [-0.25, -0.2) is 0 Å². The topological polar surface area (TPSA) is 185 Å². The third-order valence-electron chi connectivity index (χ3n) is 8.02. The van der Waals surface area contributed by atoms with E-state index < -0.39 is 55.3 Å². The summed E-state index contributed by atoms with van der Waals surface area (Å²) >= 11 is 0. The highest BCUT2D eigenvalue weighted by Gasteiger charge is 2.50. The Kier molecular flexibility index (Phi) is 9.62. The summed E-state index contributed by atoms with van der Waals surface area (Å²) in [5.41, 5.74) is 0.222. The predicted octanol–water partition coefficient (Wildman–Crippen LogP) is -1.11. The highest BCUT2D eigenvalue weighted by molar-refractivity contribution is 5.75. The van der Waals surface area contributed by atoms with Crippen molar-refractivity contribution in [2.24, 2.45) is 11.8 Å². The maximum atomic E-state index is 12.2. The standard InChI is InChI=1S/C26H40O12/c1-13-4-3-5-15(8-17-16(7-6-13)14(2)23(32)37-17)9-34-24-21(30)20(29)19(28)18(38-24)10-35-25-22(31)26(33,11-27)12-36-25/h4,8,14,16-22,24-25,27-31,33H,3,5-7,9-12H2,1-2H3. The van der Waals surface area contributed by atoms with Crippen LogP contribution in [-0.2, 0) is 28.5 Å². The fourth-order valence-electron chi connectivity index (χ4n) is 5.30. The average Bonchev–Trinajstić information content (AvgIpc) is 3.34. The molecule has 0 aromatic carbocycles. The summed E-state index contributed by atoms with van der Waals surface area (Å²) in [6.07, 6.45) is -3.14. The molecule has 0 spiro atoms. The molecule has 12 heteroatoms. The molecule has 11 atom stereocenters. The Labute approximate surface area is 221 Å². The highest BCUT2D eigenvalue weighted by atomic mass is 16.7. The highest BCUT2D eigenvalue weighted by Crippen LogP contribution is 2.35. The first-order valence-corrected chi connectivity index (χ1v) is 13.2. The molecule has 0 amide bonds. The summed E-state index contributed by atoms with van der Waals surface area (Å²) in [7, 11) is 0. The maximum absolute atomic E-state index is 12.2. The fraction of sp³-hybridized carbons (Fsp3) is 0.808. The summed E-state index contributed by atoms with van der Waals surface area (Å²) in [4.78, 5) is 12.2. The molecule has 12 nitrogen and oxygen atoms in total. The van der Waals surface area contributed by atoms with Gasteiger partial charge in [-0.1, -0.05) is 18.6 Å². The second-order valence-corrected chi connectivity index (χ2v) is 10.9. The minimum absolute atomic E-state index is 0.0359. The van der Waals surface area contributed by atoms with E-state index in [1.54, 1.807) is 0 Å². The molecule has 216 valence electrons. The molecule has 3 saturated heterocycles. The van der Waals surface area contributed by atoms with Crippen molar-refractivity contribution in [1.29, 1.82) is 0 Å². The number of hydrogen-bond acceptors (Lipinski definition) is 12. The molecule has 3 heterocycles. The molecule has 38 heavy (non-hydrogen) atoms. The normalized spacial score (nSPS) is 44.3. The second kappa shape index (κ2) is 12.4. The number of fused-ring (bicyclic) bond motifs is 1. The fourth-order valence-corrected chi connectivity index (χ4v) is 5.30. The van der Waals surface area contributed by atoms with Gasteiger partial charge in [0, 0.05) is 5.92 Å². The summed E-state index contributed by atoms with van der Waals surface area (Å²) in [5.74, 6) is -0.384. The van der Waals surface area contributed by atoms with Gasteiger partial charge in [-0.3, -0.25) is 4.79 Å². The number of esters is 1. The van der Waals surface area contributed by atoms with Gasteiger partial charge in [0.2, 0.25) is 0 Å². The molecular weight excluding hydrogens is 504 g/mol. The number of carbonyl (C=O) groups excluding carboxylic acids is 1. The number of ether oxygens (including phenoxy) is 5. The SMILES string of the molecule is CC1=CCCC(COC2OC(COC3OCC(O)(CO)C3O)C(O)C(O)C2O)=CC2OC(=O)C(C)C2CC1. The Morgan fingerprint density at radius 1 is 1.08 bits per heavy atom. The summed E-state index contributed by atoms with van der Waals surface area (Å²) < 4.78 is 27.8. The number of allylic oxidation sites excluding steroid dienone is 2. The van der Waals surface area contributed by atoms with E-state index in [-0.39, 0.29) is 43.7 Å². The smallest absolute Gasteiger partial charge is 0.309 e. The van der Waals surface area contributed by atoms with Gasteiger partial charge in [-0.05, 0) is 44.3 Å². The second-order valence-electron chi connectivity index (χ2n) is 10.9. The number of rotatable bonds is 7. The van der Waals surface area contributed by atoms with E-state index in [4.69, 9.17) is 23.7 Å². The summed E-state index contributed by atoms with van der Waals surface area (Å²) in [6, 6.07) is 0. The van der Waals surface area contributed by atoms with Crippen LogP contribution in [0.15, 0.2) is 23.3 Å². The van der Waals surface area contributed by atoms with Gasteiger partial charge in [0.15, 0.2) is 12.6 Å². The van der Waals surface area contributed by atoms with Gasteiger partial charge < -0.3 is 54.3 Å². The van der Waals surface area contributed by atoms with Crippen LogP contribution < -0.4 is 0 Å². The lowest BCUT2D eigenvalue weighted by atomic mass is 9.84. The van der Waals surface area contributed by atoms with E-state index in [0.717, 1.165) is 24.8 Å². The van der Waals surface area contributed by atoms with Crippen LogP contribution in [-0.4, -0.2) is 118 Å². The van der Waals surface area contributed by atoms with E-state index in [9.17, 15) is 35.4 Å². The van der Waals surface area contributed by atoms with Crippen LogP contribution in [0, 0.1) is 11.8 Å². The molecule has 3 aliphatic heterocycles. The zero-order valence-corrected chi connectivity index (χ0v) is 21.7. The third-order valence-corrected chi connectivity index (χ3v) is 8.02. The molecule has 6 N–H and O–H groups in total. The van der Waals surface area contributed by atoms with Crippen LogP contribution in [0.1, 0.15) is 39.5 Å². The summed E-state index contributed by atoms with van der Waals surface area (Å²) in [6.45, 7) is 2.54. The molecule has 4 aliphatic rings. The molecular formula is C26H40O12. The Morgan fingerprint density at radius 2 is 1.84 bits per heavy atom. The van der Waals surface area contributed by atoms with E-state index in [1.807, 2.05) is 13.0 Å². The molecule has 1 aliphatic carbocycles. The van der Waals surface area contributed by atoms with Crippen LogP contribution >= 0.6 is 0 Å². The van der Waals surface area contributed by atoms with Crippen LogP contribution in [0.25, 0.3) is 0 Å². The van der Waals surface area contributed by atoms with Crippen LogP contribution in [0.4, 0.5) is 0 Å². The number of aliphatic hydroxyl groups is 6. The average molecular weight is 545 g/mol. The molecule has 0 saturated carbocycles. The molecule has 3 fully saturated rings. The van der Waals surface area contributed by atoms with Crippen molar-refractivity contribution < 1.29 is 59.1 Å². The zero-order valence-electron chi connectivity index (χ0n) is 21.7. The number of carbonyl (C=O) groups is 1. The molecule has 0 aromatic rings. The van der Waals surface area contributed by atoms with Gasteiger partial charge in [-0.2, -0.15) is 0 Å². The van der Waals surface area contributed by atoms with E-state index in [1.165, 1.54) is 5.57 Å². The van der Waals surface area contributed by atoms with Crippen molar-refractivity contribution >= 4 is 5.97 Å². The van der Waals surface area contributed by atoms with Crippen LogP contribution in [0.2, 0.25) is 0 Å². The molecule has 0 radical (unpaired) electrons. The Balaban J connectivity index is 1.39. The maximum Gasteiger partial charge on any atom is 0.309 e. The molecule has 0 bridgehead atoms. The summed E-state index contributed by atoms with van der Waals surface area (Å²) in [5, 5.41) is 60.8. The van der Waals surface area contributed by atoms with E-state index in [2.05, 4.69) is 13.0 Å². The lowest BCUT2D eigenvalue weighted by Crippen LogP contribution is -2.59. The first-order chi connectivity index (χ1) is 18.0. The van der Waals surface area contributed by atoms with Gasteiger partial charge in [0.25, 0.3) is 0 Å². The van der Waals surface area contributed by atoms with Gasteiger partial charge in [0.05, 0.1) is 32.3 Å². The van der Waals surface area contributed by atoms with Crippen molar-refractivity contribution in [2.75, 3.05) is 26.4 Å². The van der Waals surface area contributed by atoms with Crippen molar-refractivity contribution in [3.05, 3.63) is 23.3 Å². The minimum atomic E-state index is -1.88. The van der Waals surface area contributed by atoms with Crippen LogP contribution in [0.5, 0.6) is 0 Å². The molecule has 0 aromatic heterocycles. The largest absolute Gasteiger partial charge is 0.458 e. The van der Waals surface area contributed by atoms with Crippen LogP contribution in [0.3, 0.4) is 0 Å². The zero-order chi connectivity index (χ0) is 27.6. The Morgan fingerprint density at radius 3 is 2.55 bits per heavy atom. The number of aliphatic hydroxyl groups excluding tert-OH is 5. The first-order valence-electron chi connectivity index (χ1n) is 13.2. The lowest BCUT2D eigenvalue weighted by Gasteiger charge is -2.40. The predicted molar refractivity (Wildman–Crippen MR) is 129 cm³/mol. The van der Waals surface area contributed by atoms with Crippen molar-refractivity contribution in [3.8, 4) is 0 Å². The van der Waals surface area contributed by atoms with Gasteiger partial charge >= 0.3 is 5.97 Å². The van der Waals surface area contributed by atoms with E-state index >= 15 is 0 Å². The Hall–Kier alpha value is -1.45. The van der Waals surface area contributed by atoms with Crippen molar-refractivity contribution in [2.45, 2.75) is 94.3 Å². The lowest BCUT2D eigenvalue weighted by molar-refractivity contribution is -0.307. The molecule has 11 unspecified atom stereocenters. The first kappa shape index (κ1) is 29.5. The number of hydrogen-bond donors (Lipinski definition) is 6. The molecule has 4 rings (SSSR count). The minimum Gasteiger partial charge on any atom is -0.458 e. The third kappa shape index (κ3) is 6.30. The monoisotopic (exact) mass is 544 g/mol. The van der Waals surface area contributed by atoms with E-state index in [0.29, 0.717) is 6.42 Å². The Bertz CT molecular complexity index is 891. The van der Waals surface area contributed by atoms with Crippen molar-refractivity contribution in [3.63, 3.8) is 0 Å². The quantitative estimate of drug-likeness (QED) is 0.168. The van der Waals surface area contributed by atoms with Gasteiger partial charge in [0.1, 0.15) is 42.2 Å². The van der Waals surface area contributed by atoms with Crippen molar-refractivity contribution in [1.82, 2.24) is 0 Å². The van der Waals surface area contributed by atoms with Gasteiger partial charge in [-0.15, -0.1) is 0 Å².